The molecule has 1 heterocycles. The van der Waals surface area contributed by atoms with Crippen LogP contribution in [0.5, 0.6) is 0 Å². The summed E-state index contributed by atoms with van der Waals surface area (Å²) in [6, 6.07) is 7.31. The number of carboxylic acid groups (broad SMARTS) is 1. The van der Waals surface area contributed by atoms with E-state index in [0.717, 1.165) is 3.97 Å². The lowest BCUT2D eigenvalue weighted by molar-refractivity contribution is 0.174. The Morgan fingerprint density at radius 3 is 2.54 bits per heavy atom. The largest absolute Gasteiger partial charge is 0.465 e. The van der Waals surface area contributed by atoms with Gasteiger partial charge in [0.25, 0.3) is 10.0 Å². The highest BCUT2D eigenvalue weighted by atomic mass is 79.9. The molecule has 142 valence electrons. The molecule has 0 aliphatic carbocycles. The number of hydrogen-bond donors (Lipinski definition) is 2. The van der Waals surface area contributed by atoms with E-state index < -0.39 is 16.1 Å². The van der Waals surface area contributed by atoms with Crippen LogP contribution in [0.2, 0.25) is 5.02 Å². The van der Waals surface area contributed by atoms with Crippen molar-refractivity contribution < 1.29 is 18.3 Å². The van der Waals surface area contributed by atoms with Gasteiger partial charge in [-0.3, -0.25) is 0 Å². The molecule has 1 amide bonds. The van der Waals surface area contributed by atoms with Crippen LogP contribution in [0.4, 0.5) is 4.79 Å². The highest BCUT2D eigenvalue weighted by Gasteiger charge is 2.28. The molecule has 9 heteroatoms. The lowest BCUT2D eigenvalue weighted by Gasteiger charge is -2.30. The molecule has 26 heavy (non-hydrogen) atoms. The van der Waals surface area contributed by atoms with Crippen molar-refractivity contribution >= 4 is 43.6 Å². The molecule has 1 aromatic carbocycles. The summed E-state index contributed by atoms with van der Waals surface area (Å²) in [4.78, 5) is 11.1. The fourth-order valence-electron chi connectivity index (χ4n) is 2.46. The van der Waals surface area contributed by atoms with E-state index in [4.69, 9.17) is 16.7 Å². The van der Waals surface area contributed by atoms with Crippen LogP contribution in [0.25, 0.3) is 0 Å². The first-order valence-electron chi connectivity index (χ1n) is 7.78. The normalized spacial score (nSPS) is 13.4. The summed E-state index contributed by atoms with van der Waals surface area (Å²) < 4.78 is 27.2. The van der Waals surface area contributed by atoms with Gasteiger partial charge in [0.2, 0.25) is 0 Å². The Bertz CT molecular complexity index is 919. The molecule has 2 N–H and O–H groups in total. The van der Waals surface area contributed by atoms with E-state index in [1.807, 2.05) is 20.8 Å². The van der Waals surface area contributed by atoms with Crippen molar-refractivity contribution in [3.05, 3.63) is 51.7 Å². The van der Waals surface area contributed by atoms with Crippen LogP contribution in [0.15, 0.2) is 46.0 Å². The van der Waals surface area contributed by atoms with Crippen molar-refractivity contribution in [2.45, 2.75) is 38.1 Å². The first kappa shape index (κ1) is 20.8. The van der Waals surface area contributed by atoms with Crippen LogP contribution < -0.4 is 5.32 Å². The average molecular weight is 464 g/mol. The number of nitrogens with zero attached hydrogens (tertiary/aromatic N) is 1. The molecule has 0 aliphatic rings. The van der Waals surface area contributed by atoms with E-state index in [0.29, 0.717) is 21.6 Å². The first-order chi connectivity index (χ1) is 11.9. The number of aromatic nitrogens is 1. The summed E-state index contributed by atoms with van der Waals surface area (Å²) in [5.41, 5.74) is 0.356. The Labute approximate surface area is 166 Å². The van der Waals surface area contributed by atoms with Gasteiger partial charge < -0.3 is 10.4 Å². The minimum Gasteiger partial charge on any atom is -0.465 e. The predicted octanol–water partition coefficient (Wildman–Crippen LogP) is 4.37. The van der Waals surface area contributed by atoms with Gasteiger partial charge in [-0.2, -0.15) is 0 Å². The van der Waals surface area contributed by atoms with Crippen molar-refractivity contribution in [3.8, 4) is 0 Å². The third kappa shape index (κ3) is 4.81. The lowest BCUT2D eigenvalue weighted by Crippen LogP contribution is -2.44. The molecule has 0 saturated heterocycles. The Morgan fingerprint density at radius 2 is 2.00 bits per heavy atom. The quantitative estimate of drug-likeness (QED) is 0.689. The minimum atomic E-state index is -3.82. The van der Waals surface area contributed by atoms with Gasteiger partial charge in [-0.25, -0.2) is 17.2 Å². The van der Waals surface area contributed by atoms with Crippen LogP contribution in [0.1, 0.15) is 26.3 Å². The Morgan fingerprint density at radius 1 is 1.35 bits per heavy atom. The summed E-state index contributed by atoms with van der Waals surface area (Å²) in [6.07, 6.45) is 0.727. The molecule has 1 unspecified atom stereocenters. The molecule has 6 nitrogen and oxygen atoms in total. The van der Waals surface area contributed by atoms with Crippen LogP contribution in [-0.2, 0) is 16.4 Å². The van der Waals surface area contributed by atoms with E-state index in [-0.39, 0.29) is 16.4 Å². The molecule has 2 aromatic rings. The maximum atomic E-state index is 12.8. The molecule has 0 saturated carbocycles. The average Bonchev–Trinajstić information content (AvgIpc) is 2.86. The number of halogens is 2. The number of hydrogen-bond acceptors (Lipinski definition) is 3. The highest BCUT2D eigenvalue weighted by Crippen LogP contribution is 2.28. The third-order valence-corrected chi connectivity index (χ3v) is 6.68. The van der Waals surface area contributed by atoms with Crippen molar-refractivity contribution in [1.29, 1.82) is 0 Å². The Balaban J connectivity index is 2.38. The molecule has 0 radical (unpaired) electrons. The van der Waals surface area contributed by atoms with Crippen LogP contribution in [-0.4, -0.2) is 29.6 Å². The maximum Gasteiger partial charge on any atom is 0.404 e. The molecule has 0 aliphatic heterocycles. The fourth-order valence-corrected chi connectivity index (χ4v) is 4.99. The standard InChI is InChI=1S/C17H20BrClN2O4S/c1-17(2,3)14(20-16(22)23)7-11-8-15(18)21(10-11)26(24,25)13-6-4-5-12(19)9-13/h4-6,8-10,14,20H,7H2,1-3H3,(H,22,23). The lowest BCUT2D eigenvalue weighted by atomic mass is 9.83. The number of amides is 1. The zero-order valence-electron chi connectivity index (χ0n) is 14.5. The SMILES string of the molecule is CC(C)(C)C(Cc1cc(Br)n(S(=O)(=O)c2cccc(Cl)c2)c1)NC(=O)O. The molecule has 0 spiro atoms. The zero-order valence-corrected chi connectivity index (χ0v) is 17.7. The van der Waals surface area contributed by atoms with E-state index in [2.05, 4.69) is 21.2 Å². The topological polar surface area (TPSA) is 88.4 Å². The van der Waals surface area contributed by atoms with Crippen LogP contribution in [0, 0.1) is 5.41 Å². The van der Waals surface area contributed by atoms with Gasteiger partial charge in [0.15, 0.2) is 0 Å². The summed E-state index contributed by atoms with van der Waals surface area (Å²) in [6.45, 7) is 5.76. The van der Waals surface area contributed by atoms with E-state index >= 15 is 0 Å². The third-order valence-electron chi connectivity index (χ3n) is 3.93. The van der Waals surface area contributed by atoms with E-state index in [1.54, 1.807) is 18.2 Å². The van der Waals surface area contributed by atoms with Crippen molar-refractivity contribution in [3.63, 3.8) is 0 Å². The van der Waals surface area contributed by atoms with Gasteiger partial charge in [0.05, 0.1) is 4.90 Å². The monoisotopic (exact) mass is 462 g/mol. The van der Waals surface area contributed by atoms with Crippen molar-refractivity contribution in [1.82, 2.24) is 9.29 Å². The second kappa shape index (κ2) is 7.62. The molecule has 1 atom stereocenters. The van der Waals surface area contributed by atoms with Crippen LogP contribution in [0.3, 0.4) is 0 Å². The van der Waals surface area contributed by atoms with Gasteiger partial charge in [0.1, 0.15) is 4.60 Å². The molecule has 1 aromatic heterocycles. The van der Waals surface area contributed by atoms with E-state index in [1.165, 1.54) is 18.3 Å². The highest BCUT2D eigenvalue weighted by molar-refractivity contribution is 9.10. The summed E-state index contributed by atoms with van der Waals surface area (Å²) in [5.74, 6) is 0. The molecular weight excluding hydrogens is 444 g/mol. The number of benzene rings is 1. The first-order valence-corrected chi connectivity index (χ1v) is 10.4. The van der Waals surface area contributed by atoms with Gasteiger partial charge in [-0.1, -0.05) is 38.4 Å². The Kier molecular flexibility index (Phi) is 6.09. The summed E-state index contributed by atoms with van der Waals surface area (Å²) in [7, 11) is -3.82. The van der Waals surface area contributed by atoms with Crippen LogP contribution >= 0.6 is 27.5 Å². The molecular formula is C17H20BrClN2O4S. The van der Waals surface area contributed by atoms with E-state index in [9.17, 15) is 13.2 Å². The number of rotatable bonds is 5. The number of carbonyl (C=O) groups is 1. The minimum absolute atomic E-state index is 0.0730. The van der Waals surface area contributed by atoms with Crippen molar-refractivity contribution in [2.24, 2.45) is 5.41 Å². The fraction of sp³-hybridized carbons (Fsp3) is 0.353. The van der Waals surface area contributed by atoms with Gasteiger partial charge in [-0.15, -0.1) is 0 Å². The van der Waals surface area contributed by atoms with Gasteiger partial charge >= 0.3 is 6.09 Å². The molecule has 0 bridgehead atoms. The number of nitrogens with one attached hydrogen (secondary N) is 1. The zero-order chi connectivity index (χ0) is 19.7. The van der Waals surface area contributed by atoms with Gasteiger partial charge in [-0.05, 0) is 57.6 Å². The second-order valence-corrected chi connectivity index (χ2v) is 10.1. The van der Waals surface area contributed by atoms with Crippen molar-refractivity contribution in [2.75, 3.05) is 0 Å². The predicted molar refractivity (Wildman–Crippen MR) is 104 cm³/mol. The molecule has 2 rings (SSSR count). The second-order valence-electron chi connectivity index (χ2n) is 7.00. The summed E-state index contributed by atoms with van der Waals surface area (Å²) in [5, 5.41) is 11.9. The van der Waals surface area contributed by atoms with Gasteiger partial charge in [0, 0.05) is 17.3 Å². The Hall–Kier alpha value is -1.51. The smallest absolute Gasteiger partial charge is 0.404 e. The molecule has 0 fully saturated rings. The maximum absolute atomic E-state index is 12.8. The summed E-state index contributed by atoms with van der Waals surface area (Å²) >= 11 is 9.18.